The molecule has 0 amide bonds. The van der Waals surface area contributed by atoms with Gasteiger partial charge >= 0.3 is 0 Å². The van der Waals surface area contributed by atoms with Crippen molar-refractivity contribution in [2.45, 2.75) is 32.5 Å². The lowest BCUT2D eigenvalue weighted by Crippen LogP contribution is -2.16. The minimum Gasteiger partial charge on any atom is -0.491 e. The van der Waals surface area contributed by atoms with Crippen molar-refractivity contribution < 1.29 is 14.9 Å². The Balaban J connectivity index is 2.58. The van der Waals surface area contributed by atoms with Crippen molar-refractivity contribution in [3.05, 3.63) is 29.8 Å². The number of aliphatic hydroxyl groups excluding tert-OH is 2. The Hall–Kier alpha value is -1.06. The third-order valence-corrected chi connectivity index (χ3v) is 2.25. The van der Waals surface area contributed by atoms with Gasteiger partial charge in [-0.25, -0.2) is 0 Å². The third-order valence-electron chi connectivity index (χ3n) is 2.25. The van der Waals surface area contributed by atoms with E-state index in [-0.39, 0.29) is 0 Å². The molecule has 84 valence electrons. The van der Waals surface area contributed by atoms with Gasteiger partial charge in [0.25, 0.3) is 0 Å². The zero-order valence-electron chi connectivity index (χ0n) is 9.18. The summed E-state index contributed by atoms with van der Waals surface area (Å²) in [6.07, 6.45) is -0.249. The molecule has 1 aromatic rings. The highest BCUT2D eigenvalue weighted by molar-refractivity contribution is 5.29. The normalized spacial score (nSPS) is 14.7. The second-order valence-corrected chi connectivity index (χ2v) is 3.62. The summed E-state index contributed by atoms with van der Waals surface area (Å²) in [6.45, 7) is 3.90. The maximum Gasteiger partial charge on any atom is 0.119 e. The molecule has 0 saturated carbocycles. The molecule has 0 heterocycles. The van der Waals surface area contributed by atoms with Gasteiger partial charge in [-0.3, -0.25) is 0 Å². The zero-order valence-corrected chi connectivity index (χ0v) is 9.18. The Morgan fingerprint density at radius 3 is 2.67 bits per heavy atom. The van der Waals surface area contributed by atoms with Gasteiger partial charge in [-0.2, -0.15) is 0 Å². The lowest BCUT2D eigenvalue weighted by molar-refractivity contribution is 0.104. The van der Waals surface area contributed by atoms with Gasteiger partial charge < -0.3 is 14.9 Å². The molecule has 2 atom stereocenters. The van der Waals surface area contributed by atoms with Crippen LogP contribution in [-0.2, 0) is 0 Å². The van der Waals surface area contributed by atoms with Crippen LogP contribution in [0.3, 0.4) is 0 Å². The van der Waals surface area contributed by atoms with E-state index in [9.17, 15) is 10.2 Å². The summed E-state index contributed by atoms with van der Waals surface area (Å²) in [6, 6.07) is 7.27. The van der Waals surface area contributed by atoms with Crippen molar-refractivity contribution in [2.24, 2.45) is 0 Å². The van der Waals surface area contributed by atoms with Crippen LogP contribution in [0.15, 0.2) is 24.3 Å². The molecule has 0 fully saturated rings. The first-order valence-corrected chi connectivity index (χ1v) is 5.22. The van der Waals surface area contributed by atoms with Crippen LogP contribution < -0.4 is 4.74 Å². The molecule has 0 radical (unpaired) electrons. The summed E-state index contributed by atoms with van der Waals surface area (Å²) in [5.74, 6) is 0.681. The topological polar surface area (TPSA) is 49.7 Å². The third kappa shape index (κ3) is 3.90. The summed E-state index contributed by atoms with van der Waals surface area (Å²) in [7, 11) is 0. The number of hydrogen-bond donors (Lipinski definition) is 2. The summed E-state index contributed by atoms with van der Waals surface area (Å²) in [5.41, 5.74) is 0.818. The summed E-state index contributed by atoms with van der Waals surface area (Å²) in [5, 5.41) is 18.7. The van der Waals surface area contributed by atoms with E-state index in [2.05, 4.69) is 0 Å². The fraction of sp³-hybridized carbons (Fsp3) is 0.500. The van der Waals surface area contributed by atoms with Gasteiger partial charge in [-0.05, 0) is 31.0 Å². The number of ether oxygens (including phenoxy) is 1. The van der Waals surface area contributed by atoms with Gasteiger partial charge in [0.15, 0.2) is 0 Å². The molecule has 3 nitrogen and oxygen atoms in total. The molecule has 1 rings (SSSR count). The first kappa shape index (κ1) is 12.0. The minimum atomic E-state index is -0.496. The SMILES string of the molecule is CCC(O)COc1cccc([C@@H](C)O)c1. The Bertz CT molecular complexity index is 297. The minimum absolute atomic E-state index is 0.291. The molecule has 0 aromatic heterocycles. The Morgan fingerprint density at radius 2 is 2.07 bits per heavy atom. The smallest absolute Gasteiger partial charge is 0.119 e. The van der Waals surface area contributed by atoms with E-state index in [0.717, 1.165) is 5.56 Å². The van der Waals surface area contributed by atoms with Crippen LogP contribution in [0.2, 0.25) is 0 Å². The van der Waals surface area contributed by atoms with E-state index in [1.54, 1.807) is 13.0 Å². The number of benzene rings is 1. The molecule has 1 unspecified atom stereocenters. The standard InChI is InChI=1S/C12H18O3/c1-3-11(14)8-15-12-6-4-5-10(7-12)9(2)13/h4-7,9,11,13-14H,3,8H2,1-2H3/t9-,11?/m1/s1. The van der Waals surface area contributed by atoms with Crippen LogP contribution in [-0.4, -0.2) is 22.9 Å². The predicted molar refractivity (Wildman–Crippen MR) is 58.9 cm³/mol. The van der Waals surface area contributed by atoms with Gasteiger partial charge in [0, 0.05) is 0 Å². The van der Waals surface area contributed by atoms with Crippen molar-refractivity contribution in [1.29, 1.82) is 0 Å². The first-order valence-electron chi connectivity index (χ1n) is 5.22. The van der Waals surface area contributed by atoms with Crippen LogP contribution in [0.1, 0.15) is 31.9 Å². The lowest BCUT2D eigenvalue weighted by atomic mass is 10.1. The number of hydrogen-bond acceptors (Lipinski definition) is 3. The van der Waals surface area contributed by atoms with Gasteiger partial charge in [-0.15, -0.1) is 0 Å². The molecule has 0 aliphatic heterocycles. The van der Waals surface area contributed by atoms with Crippen LogP contribution in [0.4, 0.5) is 0 Å². The van der Waals surface area contributed by atoms with Crippen LogP contribution in [0, 0.1) is 0 Å². The van der Waals surface area contributed by atoms with E-state index < -0.39 is 12.2 Å². The first-order chi connectivity index (χ1) is 7.13. The molecule has 2 N–H and O–H groups in total. The molecular weight excluding hydrogens is 192 g/mol. The van der Waals surface area contributed by atoms with Crippen molar-refractivity contribution in [1.82, 2.24) is 0 Å². The zero-order chi connectivity index (χ0) is 11.3. The summed E-state index contributed by atoms with van der Waals surface area (Å²) in [4.78, 5) is 0. The highest BCUT2D eigenvalue weighted by Crippen LogP contribution is 2.18. The van der Waals surface area contributed by atoms with E-state index >= 15 is 0 Å². The molecule has 15 heavy (non-hydrogen) atoms. The second kappa shape index (κ2) is 5.73. The average molecular weight is 210 g/mol. The van der Waals surface area contributed by atoms with Crippen LogP contribution >= 0.6 is 0 Å². The molecule has 0 aliphatic rings. The highest BCUT2D eigenvalue weighted by Gasteiger charge is 2.04. The van der Waals surface area contributed by atoms with Crippen molar-refractivity contribution in [2.75, 3.05) is 6.61 Å². The quantitative estimate of drug-likeness (QED) is 0.780. The van der Waals surface area contributed by atoms with E-state index in [1.807, 2.05) is 25.1 Å². The van der Waals surface area contributed by atoms with Crippen molar-refractivity contribution >= 4 is 0 Å². The van der Waals surface area contributed by atoms with Gasteiger partial charge in [0.05, 0.1) is 12.2 Å². The van der Waals surface area contributed by atoms with Gasteiger partial charge in [0.2, 0.25) is 0 Å². The number of rotatable bonds is 5. The van der Waals surface area contributed by atoms with Crippen molar-refractivity contribution in [3.63, 3.8) is 0 Å². The number of aliphatic hydroxyl groups is 2. The van der Waals surface area contributed by atoms with Gasteiger partial charge in [-0.1, -0.05) is 19.1 Å². The monoisotopic (exact) mass is 210 g/mol. The fourth-order valence-corrected chi connectivity index (χ4v) is 1.17. The van der Waals surface area contributed by atoms with Crippen LogP contribution in [0.5, 0.6) is 5.75 Å². The summed E-state index contributed by atoms with van der Waals surface area (Å²) < 4.78 is 5.39. The van der Waals surface area contributed by atoms with Crippen LogP contribution in [0.25, 0.3) is 0 Å². The molecule has 0 saturated heterocycles. The molecule has 0 aliphatic carbocycles. The Morgan fingerprint density at radius 1 is 1.33 bits per heavy atom. The van der Waals surface area contributed by atoms with E-state index in [0.29, 0.717) is 18.8 Å². The predicted octanol–water partition coefficient (Wildman–Crippen LogP) is 1.89. The summed E-state index contributed by atoms with van der Waals surface area (Å²) >= 11 is 0. The molecule has 1 aromatic carbocycles. The molecule has 0 bridgehead atoms. The fourth-order valence-electron chi connectivity index (χ4n) is 1.17. The molecule has 3 heteroatoms. The Kier molecular flexibility index (Phi) is 4.59. The maximum atomic E-state index is 9.37. The average Bonchev–Trinajstić information content (AvgIpc) is 2.26. The van der Waals surface area contributed by atoms with E-state index in [4.69, 9.17) is 4.74 Å². The maximum absolute atomic E-state index is 9.37. The molecular formula is C12H18O3. The Labute approximate surface area is 90.3 Å². The van der Waals surface area contributed by atoms with E-state index in [1.165, 1.54) is 0 Å². The van der Waals surface area contributed by atoms with Gasteiger partial charge in [0.1, 0.15) is 12.4 Å². The second-order valence-electron chi connectivity index (χ2n) is 3.62. The molecule has 0 spiro atoms. The highest BCUT2D eigenvalue weighted by atomic mass is 16.5. The lowest BCUT2D eigenvalue weighted by Gasteiger charge is -2.12. The largest absolute Gasteiger partial charge is 0.491 e. The van der Waals surface area contributed by atoms with Crippen molar-refractivity contribution in [3.8, 4) is 5.75 Å².